The lowest BCUT2D eigenvalue weighted by atomic mass is 9.84. The smallest absolute Gasteiger partial charge is 0.179 e. The summed E-state index contributed by atoms with van der Waals surface area (Å²) in [5.41, 5.74) is 7.49. The second kappa shape index (κ2) is 3.51. The molecule has 1 aromatic heterocycles. The van der Waals surface area contributed by atoms with E-state index in [1.807, 2.05) is 18.2 Å². The van der Waals surface area contributed by atoms with Gasteiger partial charge < -0.3 is 10.3 Å². The molecule has 80 valence electrons. The van der Waals surface area contributed by atoms with Gasteiger partial charge in [0.25, 0.3) is 0 Å². The summed E-state index contributed by atoms with van der Waals surface area (Å²) in [5, 5.41) is 4.95. The predicted octanol–water partition coefficient (Wildman–Crippen LogP) is 2.72. The van der Waals surface area contributed by atoms with Crippen LogP contribution in [0.1, 0.15) is 19.4 Å². The van der Waals surface area contributed by atoms with Crippen molar-refractivity contribution in [2.45, 2.75) is 19.3 Å². The molecule has 0 aliphatic rings. The quantitative estimate of drug-likeness (QED) is 0.854. The molecule has 0 aliphatic carbocycles. The number of nitrogens with two attached hydrogens (primary N) is 1. The predicted molar refractivity (Wildman–Crippen MR) is 61.1 cm³/mol. The Balaban J connectivity index is 2.57. The van der Waals surface area contributed by atoms with Crippen LogP contribution in [0.2, 0.25) is 5.15 Å². The maximum Gasteiger partial charge on any atom is 0.179 e. The highest BCUT2D eigenvalue weighted by Crippen LogP contribution is 2.28. The van der Waals surface area contributed by atoms with Crippen molar-refractivity contribution in [1.82, 2.24) is 5.16 Å². The zero-order valence-corrected chi connectivity index (χ0v) is 9.51. The Hall–Kier alpha value is -1.06. The van der Waals surface area contributed by atoms with Crippen LogP contribution in [0.5, 0.6) is 0 Å². The van der Waals surface area contributed by atoms with E-state index >= 15 is 0 Å². The number of aromatic nitrogens is 1. The largest absolute Gasteiger partial charge is 0.355 e. The van der Waals surface area contributed by atoms with Crippen LogP contribution < -0.4 is 5.73 Å². The lowest BCUT2D eigenvalue weighted by Gasteiger charge is -2.22. The first-order valence-electron chi connectivity index (χ1n) is 4.80. The number of rotatable bonds is 2. The van der Waals surface area contributed by atoms with E-state index in [0.717, 1.165) is 10.9 Å². The first-order chi connectivity index (χ1) is 7.04. The third kappa shape index (κ3) is 1.73. The standard InChI is InChI=1S/C11H13ClN2O/c1-11(2,6-13)7-3-4-8-9(5-7)15-14-10(8)12/h3-5H,6,13H2,1-2H3. The Labute approximate surface area is 93.2 Å². The Morgan fingerprint density at radius 1 is 1.47 bits per heavy atom. The van der Waals surface area contributed by atoms with Crippen molar-refractivity contribution in [3.05, 3.63) is 28.9 Å². The number of hydrogen-bond acceptors (Lipinski definition) is 3. The van der Waals surface area contributed by atoms with Gasteiger partial charge in [0.2, 0.25) is 0 Å². The van der Waals surface area contributed by atoms with Gasteiger partial charge in [0.1, 0.15) is 0 Å². The Morgan fingerprint density at radius 3 is 2.87 bits per heavy atom. The number of benzene rings is 1. The molecule has 0 fully saturated rings. The molecule has 1 aromatic carbocycles. The molecule has 0 bridgehead atoms. The van der Waals surface area contributed by atoms with Crippen molar-refractivity contribution >= 4 is 22.6 Å². The van der Waals surface area contributed by atoms with Crippen LogP contribution in [0.3, 0.4) is 0 Å². The number of nitrogens with zero attached hydrogens (tertiary/aromatic N) is 1. The summed E-state index contributed by atoms with van der Waals surface area (Å²) in [5.74, 6) is 0. The minimum atomic E-state index is -0.0620. The Morgan fingerprint density at radius 2 is 2.20 bits per heavy atom. The van der Waals surface area contributed by atoms with E-state index in [4.69, 9.17) is 21.9 Å². The molecule has 0 saturated carbocycles. The lowest BCUT2D eigenvalue weighted by Crippen LogP contribution is -2.27. The molecular weight excluding hydrogens is 212 g/mol. The van der Waals surface area contributed by atoms with Gasteiger partial charge in [-0.15, -0.1) is 0 Å². The fraction of sp³-hybridized carbons (Fsp3) is 0.364. The van der Waals surface area contributed by atoms with Crippen molar-refractivity contribution in [2.75, 3.05) is 6.54 Å². The van der Waals surface area contributed by atoms with Crippen LogP contribution in [0.4, 0.5) is 0 Å². The van der Waals surface area contributed by atoms with Crippen LogP contribution in [-0.4, -0.2) is 11.7 Å². The van der Waals surface area contributed by atoms with Gasteiger partial charge in [-0.05, 0) is 17.7 Å². The monoisotopic (exact) mass is 224 g/mol. The van der Waals surface area contributed by atoms with Crippen LogP contribution in [0.15, 0.2) is 22.7 Å². The van der Waals surface area contributed by atoms with Crippen LogP contribution in [-0.2, 0) is 5.41 Å². The van der Waals surface area contributed by atoms with E-state index in [2.05, 4.69) is 19.0 Å². The molecule has 2 N–H and O–H groups in total. The normalized spacial score (nSPS) is 12.3. The highest BCUT2D eigenvalue weighted by Gasteiger charge is 2.19. The second-order valence-corrected chi connectivity index (χ2v) is 4.63. The molecule has 3 nitrogen and oxygen atoms in total. The van der Waals surface area contributed by atoms with Crippen LogP contribution in [0.25, 0.3) is 11.0 Å². The van der Waals surface area contributed by atoms with Crippen LogP contribution in [0, 0.1) is 0 Å². The van der Waals surface area contributed by atoms with E-state index in [9.17, 15) is 0 Å². The van der Waals surface area contributed by atoms with E-state index in [1.54, 1.807) is 0 Å². The van der Waals surface area contributed by atoms with Gasteiger partial charge >= 0.3 is 0 Å². The van der Waals surface area contributed by atoms with E-state index in [-0.39, 0.29) is 5.41 Å². The SMILES string of the molecule is CC(C)(CN)c1ccc2c(Cl)noc2c1. The zero-order valence-electron chi connectivity index (χ0n) is 8.75. The van der Waals surface area contributed by atoms with Crippen molar-refractivity contribution in [3.63, 3.8) is 0 Å². The van der Waals surface area contributed by atoms with Crippen molar-refractivity contribution in [1.29, 1.82) is 0 Å². The molecule has 4 heteroatoms. The minimum absolute atomic E-state index is 0.0620. The van der Waals surface area contributed by atoms with Crippen molar-refractivity contribution in [2.24, 2.45) is 5.73 Å². The van der Waals surface area contributed by atoms with Gasteiger partial charge in [0.15, 0.2) is 10.7 Å². The lowest BCUT2D eigenvalue weighted by molar-refractivity contribution is 0.455. The van der Waals surface area contributed by atoms with Gasteiger partial charge in [-0.3, -0.25) is 0 Å². The first kappa shape index (κ1) is 10.5. The summed E-state index contributed by atoms with van der Waals surface area (Å²) in [6.45, 7) is 4.76. The summed E-state index contributed by atoms with van der Waals surface area (Å²) in [4.78, 5) is 0. The third-order valence-corrected chi connectivity index (χ3v) is 2.99. The zero-order chi connectivity index (χ0) is 11.1. The van der Waals surface area contributed by atoms with Crippen LogP contribution >= 0.6 is 11.6 Å². The molecule has 0 saturated heterocycles. The van der Waals surface area contributed by atoms with E-state index in [1.165, 1.54) is 0 Å². The maximum atomic E-state index is 5.84. The molecule has 0 atom stereocenters. The second-order valence-electron chi connectivity index (χ2n) is 4.27. The number of hydrogen-bond donors (Lipinski definition) is 1. The maximum absolute atomic E-state index is 5.84. The van der Waals surface area contributed by atoms with Gasteiger partial charge in [-0.1, -0.05) is 36.7 Å². The fourth-order valence-corrected chi connectivity index (χ4v) is 1.64. The topological polar surface area (TPSA) is 52.0 Å². The summed E-state index contributed by atoms with van der Waals surface area (Å²) < 4.78 is 5.11. The van der Waals surface area contributed by atoms with Gasteiger partial charge in [-0.25, -0.2) is 0 Å². The fourth-order valence-electron chi connectivity index (χ4n) is 1.45. The number of fused-ring (bicyclic) bond motifs is 1. The molecule has 0 spiro atoms. The molecule has 0 aliphatic heterocycles. The molecule has 1 heterocycles. The van der Waals surface area contributed by atoms with E-state index < -0.39 is 0 Å². The third-order valence-electron chi connectivity index (χ3n) is 2.72. The molecule has 0 amide bonds. The highest BCUT2D eigenvalue weighted by molar-refractivity contribution is 6.34. The molecule has 0 radical (unpaired) electrons. The molecule has 2 rings (SSSR count). The first-order valence-corrected chi connectivity index (χ1v) is 5.18. The summed E-state index contributed by atoms with van der Waals surface area (Å²) in [7, 11) is 0. The molecular formula is C11H13ClN2O. The Bertz CT molecular complexity index is 490. The summed E-state index contributed by atoms with van der Waals surface area (Å²) in [6.07, 6.45) is 0. The van der Waals surface area contributed by atoms with Gasteiger partial charge in [0.05, 0.1) is 5.39 Å². The average molecular weight is 225 g/mol. The summed E-state index contributed by atoms with van der Waals surface area (Å²) >= 11 is 5.84. The molecule has 15 heavy (non-hydrogen) atoms. The molecule has 0 unspecified atom stereocenters. The van der Waals surface area contributed by atoms with Gasteiger partial charge in [-0.2, -0.15) is 0 Å². The highest BCUT2D eigenvalue weighted by atomic mass is 35.5. The average Bonchev–Trinajstić information content (AvgIpc) is 2.60. The van der Waals surface area contributed by atoms with E-state index in [0.29, 0.717) is 17.3 Å². The van der Waals surface area contributed by atoms with Crippen molar-refractivity contribution in [3.8, 4) is 0 Å². The Kier molecular flexibility index (Phi) is 2.44. The number of halogens is 1. The molecule has 2 aromatic rings. The van der Waals surface area contributed by atoms with Gasteiger partial charge in [0, 0.05) is 12.0 Å². The summed E-state index contributed by atoms with van der Waals surface area (Å²) in [6, 6.07) is 5.88. The minimum Gasteiger partial charge on any atom is -0.355 e. The van der Waals surface area contributed by atoms with Crippen molar-refractivity contribution < 1.29 is 4.52 Å².